The summed E-state index contributed by atoms with van der Waals surface area (Å²) in [6, 6.07) is 17.3. The third kappa shape index (κ3) is 6.20. The summed E-state index contributed by atoms with van der Waals surface area (Å²) in [6.07, 6.45) is 0.379. The summed E-state index contributed by atoms with van der Waals surface area (Å²) in [5.41, 5.74) is 1.78. The molecule has 0 aliphatic rings. The number of hydrogen-bond donors (Lipinski definition) is 1. The summed E-state index contributed by atoms with van der Waals surface area (Å²) in [7, 11) is 1.59. The topological polar surface area (TPSA) is 58.6 Å². The normalized spacial score (nSPS) is 11.9. The molecule has 2 aromatic carbocycles. The lowest BCUT2D eigenvalue weighted by Crippen LogP contribution is -2.38. The van der Waals surface area contributed by atoms with Crippen molar-refractivity contribution in [1.82, 2.24) is 10.2 Å². The molecule has 5 heteroatoms. The van der Waals surface area contributed by atoms with Gasteiger partial charge in [0.15, 0.2) is 5.78 Å². The maximum atomic E-state index is 12.3. The van der Waals surface area contributed by atoms with Gasteiger partial charge in [-0.2, -0.15) is 0 Å². The number of rotatable bonds is 11. The molecule has 0 fully saturated rings. The average Bonchev–Trinajstić information content (AvgIpc) is 2.75. The molecule has 0 spiro atoms. The second kappa shape index (κ2) is 11.2. The zero-order valence-electron chi connectivity index (χ0n) is 17.0. The fourth-order valence-corrected chi connectivity index (χ4v) is 3.24. The summed E-state index contributed by atoms with van der Waals surface area (Å²) in [5.74, 6) is 0.564. The van der Waals surface area contributed by atoms with Crippen LogP contribution >= 0.6 is 0 Å². The van der Waals surface area contributed by atoms with Gasteiger partial charge in [0.25, 0.3) is 0 Å². The number of nitrogens with one attached hydrogen (secondary N) is 1. The lowest BCUT2D eigenvalue weighted by Gasteiger charge is -2.30. The molecular formula is C23H30N2O3. The molecule has 2 rings (SSSR count). The van der Waals surface area contributed by atoms with Crippen LogP contribution in [0.5, 0.6) is 5.75 Å². The van der Waals surface area contributed by atoms with Crippen molar-refractivity contribution in [1.29, 1.82) is 0 Å². The van der Waals surface area contributed by atoms with Crippen molar-refractivity contribution in [2.45, 2.75) is 32.7 Å². The van der Waals surface area contributed by atoms with Gasteiger partial charge in [0.1, 0.15) is 5.75 Å². The van der Waals surface area contributed by atoms with E-state index in [-0.39, 0.29) is 30.6 Å². The third-order valence-corrected chi connectivity index (χ3v) is 4.92. The minimum Gasteiger partial charge on any atom is -0.497 e. The molecule has 0 bridgehead atoms. The lowest BCUT2D eigenvalue weighted by atomic mass is 10.0. The van der Waals surface area contributed by atoms with Gasteiger partial charge in [-0.1, -0.05) is 44.2 Å². The molecular weight excluding hydrogens is 352 g/mol. The Morgan fingerprint density at radius 2 is 1.61 bits per heavy atom. The van der Waals surface area contributed by atoms with Crippen LogP contribution in [0.4, 0.5) is 0 Å². The average molecular weight is 383 g/mol. The number of carbonyl (C=O) groups excluding carboxylic acids is 2. The van der Waals surface area contributed by atoms with E-state index in [0.29, 0.717) is 17.9 Å². The predicted molar refractivity (Wildman–Crippen MR) is 112 cm³/mol. The first-order valence-electron chi connectivity index (χ1n) is 9.82. The van der Waals surface area contributed by atoms with E-state index in [1.54, 1.807) is 31.4 Å². The lowest BCUT2D eigenvalue weighted by molar-refractivity contribution is -0.121. The number of methoxy groups -OCH3 is 1. The van der Waals surface area contributed by atoms with Crippen LogP contribution in [0.1, 0.15) is 48.7 Å². The number of amides is 1. The monoisotopic (exact) mass is 382 g/mol. The molecule has 1 amide bonds. The van der Waals surface area contributed by atoms with Crippen LogP contribution in [0.25, 0.3) is 0 Å². The number of carbonyl (C=O) groups is 2. The van der Waals surface area contributed by atoms with Gasteiger partial charge >= 0.3 is 0 Å². The maximum absolute atomic E-state index is 12.3. The van der Waals surface area contributed by atoms with Crippen LogP contribution in [-0.4, -0.2) is 43.3 Å². The molecule has 5 nitrogen and oxygen atoms in total. The van der Waals surface area contributed by atoms with Gasteiger partial charge in [-0.05, 0) is 42.9 Å². The quantitative estimate of drug-likeness (QED) is 0.600. The highest BCUT2D eigenvalue weighted by molar-refractivity contribution is 5.98. The Morgan fingerprint density at radius 1 is 0.964 bits per heavy atom. The molecule has 0 heterocycles. The van der Waals surface area contributed by atoms with Crippen molar-refractivity contribution in [3.8, 4) is 5.75 Å². The van der Waals surface area contributed by atoms with Crippen LogP contribution in [0.2, 0.25) is 0 Å². The van der Waals surface area contributed by atoms with Crippen molar-refractivity contribution >= 4 is 11.7 Å². The van der Waals surface area contributed by atoms with E-state index < -0.39 is 0 Å². The number of hydrogen-bond acceptors (Lipinski definition) is 4. The van der Waals surface area contributed by atoms with Crippen LogP contribution in [-0.2, 0) is 4.79 Å². The van der Waals surface area contributed by atoms with Gasteiger partial charge in [-0.3, -0.25) is 14.5 Å². The standard InChI is InChI=1S/C23H30N2O3/c1-4-25(5-2)21(18-9-7-6-8-10-18)17-24-23(27)16-15-22(26)19-11-13-20(28-3)14-12-19/h6-14,21H,4-5,15-17H2,1-3H3,(H,24,27). The van der Waals surface area contributed by atoms with E-state index in [2.05, 4.69) is 36.2 Å². The summed E-state index contributed by atoms with van der Waals surface area (Å²) in [6.45, 7) is 6.58. The van der Waals surface area contributed by atoms with E-state index >= 15 is 0 Å². The highest BCUT2D eigenvalue weighted by Crippen LogP contribution is 2.19. The predicted octanol–water partition coefficient (Wildman–Crippen LogP) is 3.86. The molecule has 150 valence electrons. The maximum Gasteiger partial charge on any atom is 0.220 e. The van der Waals surface area contributed by atoms with Crippen molar-refractivity contribution in [2.24, 2.45) is 0 Å². The van der Waals surface area contributed by atoms with E-state index in [0.717, 1.165) is 13.1 Å². The van der Waals surface area contributed by atoms with E-state index in [4.69, 9.17) is 4.74 Å². The number of ketones is 1. The Balaban J connectivity index is 1.89. The van der Waals surface area contributed by atoms with E-state index in [1.807, 2.05) is 18.2 Å². The Bertz CT molecular complexity index is 740. The molecule has 1 unspecified atom stereocenters. The largest absolute Gasteiger partial charge is 0.497 e. The Morgan fingerprint density at radius 3 is 2.18 bits per heavy atom. The van der Waals surface area contributed by atoms with Crippen molar-refractivity contribution in [3.05, 3.63) is 65.7 Å². The van der Waals surface area contributed by atoms with Crippen molar-refractivity contribution in [2.75, 3.05) is 26.7 Å². The van der Waals surface area contributed by atoms with Gasteiger partial charge in [0.05, 0.1) is 13.2 Å². The molecule has 0 radical (unpaired) electrons. The van der Waals surface area contributed by atoms with Crippen LogP contribution in [0.15, 0.2) is 54.6 Å². The Hall–Kier alpha value is -2.66. The first-order valence-corrected chi connectivity index (χ1v) is 9.82. The van der Waals surface area contributed by atoms with Crippen molar-refractivity contribution < 1.29 is 14.3 Å². The van der Waals surface area contributed by atoms with E-state index in [1.165, 1.54) is 5.56 Å². The van der Waals surface area contributed by atoms with Gasteiger partial charge in [-0.25, -0.2) is 0 Å². The molecule has 2 aromatic rings. The Kier molecular flexibility index (Phi) is 8.69. The number of nitrogens with zero attached hydrogens (tertiary/aromatic N) is 1. The minimum absolute atomic E-state index is 0.0406. The summed E-state index contributed by atoms with van der Waals surface area (Å²) in [4.78, 5) is 26.9. The smallest absolute Gasteiger partial charge is 0.220 e. The fourth-order valence-electron chi connectivity index (χ4n) is 3.24. The molecule has 0 aliphatic carbocycles. The summed E-state index contributed by atoms with van der Waals surface area (Å²) in [5, 5.41) is 3.00. The van der Waals surface area contributed by atoms with Crippen LogP contribution in [0.3, 0.4) is 0 Å². The second-order valence-electron chi connectivity index (χ2n) is 6.60. The first-order chi connectivity index (χ1) is 13.6. The molecule has 0 aliphatic heterocycles. The zero-order valence-corrected chi connectivity index (χ0v) is 17.0. The number of benzene rings is 2. The highest BCUT2D eigenvalue weighted by Gasteiger charge is 2.19. The highest BCUT2D eigenvalue weighted by atomic mass is 16.5. The van der Waals surface area contributed by atoms with Gasteiger partial charge < -0.3 is 10.1 Å². The zero-order chi connectivity index (χ0) is 20.4. The van der Waals surface area contributed by atoms with E-state index in [9.17, 15) is 9.59 Å². The SMILES string of the molecule is CCN(CC)C(CNC(=O)CCC(=O)c1ccc(OC)cc1)c1ccccc1. The molecule has 1 atom stereocenters. The van der Waals surface area contributed by atoms with Gasteiger partial charge in [0.2, 0.25) is 5.91 Å². The number of likely N-dealkylation sites (N-methyl/N-ethyl adjacent to an activating group) is 1. The molecule has 0 saturated heterocycles. The molecule has 1 N–H and O–H groups in total. The first kappa shape index (κ1) is 21.6. The summed E-state index contributed by atoms with van der Waals surface area (Å²) >= 11 is 0. The fraction of sp³-hybridized carbons (Fsp3) is 0.391. The molecule has 28 heavy (non-hydrogen) atoms. The Labute approximate surface area is 167 Å². The van der Waals surface area contributed by atoms with Crippen molar-refractivity contribution in [3.63, 3.8) is 0 Å². The molecule has 0 saturated carbocycles. The summed E-state index contributed by atoms with van der Waals surface area (Å²) < 4.78 is 5.10. The van der Waals surface area contributed by atoms with Crippen LogP contribution in [0, 0.1) is 0 Å². The second-order valence-corrected chi connectivity index (χ2v) is 6.60. The van der Waals surface area contributed by atoms with Crippen LogP contribution < -0.4 is 10.1 Å². The van der Waals surface area contributed by atoms with Gasteiger partial charge in [-0.15, -0.1) is 0 Å². The van der Waals surface area contributed by atoms with Gasteiger partial charge in [0, 0.05) is 24.9 Å². The number of Topliss-reactive ketones (excluding diaryl/α,β-unsaturated/α-hetero) is 1. The minimum atomic E-state index is -0.102. The molecule has 0 aromatic heterocycles. The third-order valence-electron chi connectivity index (χ3n) is 4.92. The number of ether oxygens (including phenoxy) is 1.